The Balaban J connectivity index is 2.25. The highest BCUT2D eigenvalue weighted by Crippen LogP contribution is 2.19. The van der Waals surface area contributed by atoms with E-state index in [0.717, 1.165) is 0 Å². The fourth-order valence-corrected chi connectivity index (χ4v) is 3.02. The molecule has 2 aromatic carbocycles. The summed E-state index contributed by atoms with van der Waals surface area (Å²) in [6, 6.07) is 14.5. The lowest BCUT2D eigenvalue weighted by molar-refractivity contribution is 0.102. The van der Waals surface area contributed by atoms with Crippen LogP contribution in [0.25, 0.3) is 0 Å². The molecule has 0 unspecified atom stereocenters. The van der Waals surface area contributed by atoms with Crippen LogP contribution in [0.2, 0.25) is 0 Å². The number of ether oxygens (including phenoxy) is 1. The van der Waals surface area contributed by atoms with Crippen molar-refractivity contribution in [2.75, 3.05) is 12.9 Å². The highest BCUT2D eigenvalue weighted by molar-refractivity contribution is 7.92. The Labute approximate surface area is 117 Å². The van der Waals surface area contributed by atoms with Gasteiger partial charge in [-0.3, -0.25) is 4.79 Å². The Morgan fingerprint density at radius 2 is 1.75 bits per heavy atom. The molecule has 4 nitrogen and oxygen atoms in total. The van der Waals surface area contributed by atoms with E-state index < -0.39 is 21.4 Å². The van der Waals surface area contributed by atoms with Gasteiger partial charge in [-0.15, -0.1) is 0 Å². The highest BCUT2D eigenvalue weighted by atomic mass is 32.2. The van der Waals surface area contributed by atoms with Crippen molar-refractivity contribution in [2.45, 2.75) is 4.90 Å². The van der Waals surface area contributed by atoms with Crippen LogP contribution in [0.3, 0.4) is 0 Å². The summed E-state index contributed by atoms with van der Waals surface area (Å²) in [6.45, 7) is 0. The predicted octanol–water partition coefficient (Wildman–Crippen LogP) is 2.35. The van der Waals surface area contributed by atoms with Gasteiger partial charge in [0.2, 0.25) is 0 Å². The minimum absolute atomic E-state index is 0.0844. The number of hydrogen-bond donors (Lipinski definition) is 0. The second-order valence-electron chi connectivity index (χ2n) is 4.23. The number of hydrogen-bond acceptors (Lipinski definition) is 4. The van der Waals surface area contributed by atoms with E-state index in [1.165, 1.54) is 19.2 Å². The van der Waals surface area contributed by atoms with Crippen LogP contribution in [0.5, 0.6) is 5.75 Å². The first-order chi connectivity index (χ1) is 9.53. The number of carbonyl (C=O) groups excluding carboxylic acids is 1. The molecule has 0 aliphatic rings. The van der Waals surface area contributed by atoms with Gasteiger partial charge >= 0.3 is 0 Å². The molecule has 0 spiro atoms. The Hall–Kier alpha value is -2.14. The number of ketones is 1. The fourth-order valence-electron chi connectivity index (χ4n) is 1.76. The summed E-state index contributed by atoms with van der Waals surface area (Å²) in [5.74, 6) is -0.531. The van der Waals surface area contributed by atoms with Crippen molar-refractivity contribution in [2.24, 2.45) is 0 Å². The normalized spacial score (nSPS) is 11.1. The smallest absolute Gasteiger partial charge is 0.185 e. The standard InChI is InChI=1S/C15H14O4S/c1-19-13-8-5-9-14(10-13)20(17,18)11-15(16)12-6-3-2-4-7-12/h2-10H,11H2,1H3. The van der Waals surface area contributed by atoms with E-state index in [4.69, 9.17) is 4.74 Å². The minimum Gasteiger partial charge on any atom is -0.497 e. The predicted molar refractivity (Wildman–Crippen MR) is 75.8 cm³/mol. The molecule has 0 saturated carbocycles. The van der Waals surface area contributed by atoms with Crippen molar-refractivity contribution in [3.8, 4) is 5.75 Å². The second kappa shape index (κ2) is 5.88. The van der Waals surface area contributed by atoms with Crippen molar-refractivity contribution in [1.29, 1.82) is 0 Å². The third kappa shape index (κ3) is 3.24. The lowest BCUT2D eigenvalue weighted by Crippen LogP contribution is -2.16. The Kier molecular flexibility index (Phi) is 4.20. The maximum Gasteiger partial charge on any atom is 0.185 e. The quantitative estimate of drug-likeness (QED) is 0.793. The first kappa shape index (κ1) is 14.3. The topological polar surface area (TPSA) is 60.4 Å². The number of benzene rings is 2. The van der Waals surface area contributed by atoms with E-state index in [1.54, 1.807) is 42.5 Å². The molecule has 5 heteroatoms. The number of carbonyl (C=O) groups is 1. The first-order valence-corrected chi connectivity index (χ1v) is 7.63. The van der Waals surface area contributed by atoms with Crippen molar-refractivity contribution >= 4 is 15.6 Å². The van der Waals surface area contributed by atoms with Crippen LogP contribution in [-0.2, 0) is 9.84 Å². The fraction of sp³-hybridized carbons (Fsp3) is 0.133. The molecule has 0 fully saturated rings. The van der Waals surface area contributed by atoms with Gasteiger partial charge in [-0.25, -0.2) is 8.42 Å². The molecule has 2 rings (SSSR count). The van der Waals surface area contributed by atoms with Gasteiger partial charge in [0.15, 0.2) is 15.6 Å². The van der Waals surface area contributed by atoms with Crippen LogP contribution >= 0.6 is 0 Å². The summed E-state index contributed by atoms with van der Waals surface area (Å²) in [6.07, 6.45) is 0. The Morgan fingerprint density at radius 1 is 1.05 bits per heavy atom. The molecule has 0 aliphatic carbocycles. The van der Waals surface area contributed by atoms with Gasteiger partial charge in [0.05, 0.1) is 12.0 Å². The zero-order chi connectivity index (χ0) is 14.6. The SMILES string of the molecule is COc1cccc(S(=O)(=O)CC(=O)c2ccccc2)c1. The molecule has 104 valence electrons. The highest BCUT2D eigenvalue weighted by Gasteiger charge is 2.20. The van der Waals surface area contributed by atoms with Crippen LogP contribution in [0.15, 0.2) is 59.5 Å². The van der Waals surface area contributed by atoms with Crippen molar-refractivity contribution < 1.29 is 17.9 Å². The lowest BCUT2D eigenvalue weighted by Gasteiger charge is -2.06. The third-order valence-electron chi connectivity index (χ3n) is 2.82. The molecule has 0 aliphatic heterocycles. The summed E-state index contributed by atoms with van der Waals surface area (Å²) in [4.78, 5) is 12.1. The molecule has 0 N–H and O–H groups in total. The van der Waals surface area contributed by atoms with Crippen LogP contribution in [0.4, 0.5) is 0 Å². The molecule has 20 heavy (non-hydrogen) atoms. The summed E-state index contributed by atoms with van der Waals surface area (Å²) >= 11 is 0. The molecule has 2 aromatic rings. The summed E-state index contributed by atoms with van der Waals surface area (Å²) in [7, 11) is -2.21. The van der Waals surface area contributed by atoms with Gasteiger partial charge in [0, 0.05) is 5.56 Å². The molecule has 0 radical (unpaired) electrons. The van der Waals surface area contributed by atoms with E-state index in [1.807, 2.05) is 0 Å². The van der Waals surface area contributed by atoms with Crippen LogP contribution in [0.1, 0.15) is 10.4 Å². The molecule has 0 atom stereocenters. The molecule has 0 heterocycles. The first-order valence-electron chi connectivity index (χ1n) is 5.98. The summed E-state index contributed by atoms with van der Waals surface area (Å²) in [5, 5.41) is 0. The molecule has 0 saturated heterocycles. The number of sulfone groups is 1. The van der Waals surface area contributed by atoms with E-state index in [9.17, 15) is 13.2 Å². The average molecular weight is 290 g/mol. The Morgan fingerprint density at radius 3 is 2.40 bits per heavy atom. The van der Waals surface area contributed by atoms with Gasteiger partial charge in [0.1, 0.15) is 11.5 Å². The molecular formula is C15H14O4S. The van der Waals surface area contributed by atoms with Gasteiger partial charge in [-0.1, -0.05) is 36.4 Å². The van der Waals surface area contributed by atoms with E-state index in [0.29, 0.717) is 11.3 Å². The van der Waals surface area contributed by atoms with E-state index in [-0.39, 0.29) is 4.90 Å². The van der Waals surface area contributed by atoms with Gasteiger partial charge < -0.3 is 4.74 Å². The largest absolute Gasteiger partial charge is 0.497 e. The molecular weight excluding hydrogens is 276 g/mol. The average Bonchev–Trinajstić information content (AvgIpc) is 2.48. The van der Waals surface area contributed by atoms with Gasteiger partial charge in [-0.2, -0.15) is 0 Å². The number of Topliss-reactive ketones (excluding diaryl/α,β-unsaturated/α-hetero) is 1. The maximum atomic E-state index is 12.2. The lowest BCUT2D eigenvalue weighted by atomic mass is 10.2. The number of methoxy groups -OCH3 is 1. The van der Waals surface area contributed by atoms with Crippen molar-refractivity contribution in [1.82, 2.24) is 0 Å². The molecule has 0 aromatic heterocycles. The van der Waals surface area contributed by atoms with E-state index >= 15 is 0 Å². The van der Waals surface area contributed by atoms with Crippen molar-refractivity contribution in [3.63, 3.8) is 0 Å². The monoisotopic (exact) mass is 290 g/mol. The molecule has 0 amide bonds. The Bertz CT molecular complexity index is 706. The maximum absolute atomic E-state index is 12.2. The van der Waals surface area contributed by atoms with E-state index in [2.05, 4.69) is 0 Å². The van der Waals surface area contributed by atoms with Crippen molar-refractivity contribution in [3.05, 3.63) is 60.2 Å². The van der Waals surface area contributed by atoms with Gasteiger partial charge in [-0.05, 0) is 18.2 Å². The molecule has 0 bridgehead atoms. The second-order valence-corrected chi connectivity index (χ2v) is 6.22. The zero-order valence-electron chi connectivity index (χ0n) is 10.9. The summed E-state index contributed by atoms with van der Waals surface area (Å²) in [5.41, 5.74) is 0.388. The van der Waals surface area contributed by atoms with Crippen LogP contribution < -0.4 is 4.74 Å². The van der Waals surface area contributed by atoms with Crippen LogP contribution in [0, 0.1) is 0 Å². The van der Waals surface area contributed by atoms with Crippen LogP contribution in [-0.4, -0.2) is 27.1 Å². The number of rotatable bonds is 5. The van der Waals surface area contributed by atoms with Gasteiger partial charge in [0.25, 0.3) is 0 Å². The zero-order valence-corrected chi connectivity index (χ0v) is 11.8. The summed E-state index contributed by atoms with van der Waals surface area (Å²) < 4.78 is 29.4. The minimum atomic E-state index is -3.67. The third-order valence-corrected chi connectivity index (χ3v) is 4.43.